The molecule has 2 rings (SSSR count). The van der Waals surface area contributed by atoms with Crippen molar-refractivity contribution in [1.29, 1.82) is 0 Å². The summed E-state index contributed by atoms with van der Waals surface area (Å²) in [5.41, 5.74) is 1.19. The molecule has 1 aromatic carbocycles. The van der Waals surface area contributed by atoms with Crippen molar-refractivity contribution in [3.63, 3.8) is 0 Å². The summed E-state index contributed by atoms with van der Waals surface area (Å²) in [7, 11) is 0. The van der Waals surface area contributed by atoms with Gasteiger partial charge in [0.25, 0.3) is 0 Å². The lowest BCUT2D eigenvalue weighted by molar-refractivity contribution is 0.0910. The minimum Gasteiger partial charge on any atom is -0.373 e. The van der Waals surface area contributed by atoms with E-state index in [1.54, 1.807) is 11.8 Å². The molecule has 1 aliphatic rings. The van der Waals surface area contributed by atoms with Gasteiger partial charge in [-0.25, -0.2) is 4.79 Å². The molecule has 1 fully saturated rings. The first kappa shape index (κ1) is 16.2. The van der Waals surface area contributed by atoms with Gasteiger partial charge in [0, 0.05) is 30.9 Å². The molecule has 0 spiro atoms. The SMILES string of the molecule is CS[C@H](C)CNC(=O)NC[C@@H]1CCO[C@H]1c1ccccc1. The second-order valence-corrected chi connectivity index (χ2v) is 6.66. The average molecular weight is 308 g/mol. The van der Waals surface area contributed by atoms with Gasteiger partial charge in [-0.15, -0.1) is 0 Å². The van der Waals surface area contributed by atoms with E-state index in [-0.39, 0.29) is 12.1 Å². The van der Waals surface area contributed by atoms with Crippen molar-refractivity contribution < 1.29 is 9.53 Å². The van der Waals surface area contributed by atoms with E-state index in [9.17, 15) is 4.79 Å². The first-order valence-corrected chi connectivity index (χ1v) is 8.70. The van der Waals surface area contributed by atoms with Crippen LogP contribution in [0.5, 0.6) is 0 Å². The summed E-state index contributed by atoms with van der Waals surface area (Å²) in [4.78, 5) is 11.8. The van der Waals surface area contributed by atoms with Gasteiger partial charge in [-0.2, -0.15) is 11.8 Å². The Morgan fingerprint density at radius 1 is 1.38 bits per heavy atom. The van der Waals surface area contributed by atoms with Crippen LogP contribution in [0.4, 0.5) is 4.79 Å². The number of carbonyl (C=O) groups is 1. The number of urea groups is 1. The van der Waals surface area contributed by atoms with Crippen LogP contribution in [0.2, 0.25) is 0 Å². The van der Waals surface area contributed by atoms with Crippen molar-refractivity contribution in [1.82, 2.24) is 10.6 Å². The van der Waals surface area contributed by atoms with Gasteiger partial charge in [-0.3, -0.25) is 0 Å². The quantitative estimate of drug-likeness (QED) is 0.849. The summed E-state index contributed by atoms with van der Waals surface area (Å²) < 4.78 is 5.82. The van der Waals surface area contributed by atoms with Gasteiger partial charge < -0.3 is 15.4 Å². The highest BCUT2D eigenvalue weighted by Gasteiger charge is 2.29. The van der Waals surface area contributed by atoms with Crippen molar-refractivity contribution in [2.24, 2.45) is 5.92 Å². The Bertz CT molecular complexity index is 441. The number of nitrogens with one attached hydrogen (secondary N) is 2. The molecule has 0 aliphatic carbocycles. The largest absolute Gasteiger partial charge is 0.373 e. The average Bonchev–Trinajstić information content (AvgIpc) is 2.99. The molecular formula is C16H24N2O2S. The maximum absolute atomic E-state index is 11.8. The van der Waals surface area contributed by atoms with Crippen LogP contribution in [0.3, 0.4) is 0 Å². The highest BCUT2D eigenvalue weighted by molar-refractivity contribution is 7.99. The van der Waals surface area contributed by atoms with E-state index in [4.69, 9.17) is 4.74 Å². The van der Waals surface area contributed by atoms with E-state index in [1.165, 1.54) is 5.56 Å². The summed E-state index contributed by atoms with van der Waals surface area (Å²) in [6.07, 6.45) is 3.13. The fourth-order valence-corrected chi connectivity index (χ4v) is 2.71. The predicted octanol–water partition coefficient (Wildman–Crippen LogP) is 2.81. The Balaban J connectivity index is 1.78. The summed E-state index contributed by atoms with van der Waals surface area (Å²) in [5, 5.41) is 6.30. The second-order valence-electron chi connectivity index (χ2n) is 5.39. The molecule has 1 aromatic rings. The molecule has 0 radical (unpaired) electrons. The maximum atomic E-state index is 11.8. The smallest absolute Gasteiger partial charge is 0.314 e. The molecule has 3 atom stereocenters. The normalized spacial score (nSPS) is 22.8. The van der Waals surface area contributed by atoms with Crippen LogP contribution in [0.15, 0.2) is 30.3 Å². The van der Waals surface area contributed by atoms with Gasteiger partial charge in [0.15, 0.2) is 0 Å². The van der Waals surface area contributed by atoms with E-state index >= 15 is 0 Å². The number of rotatable bonds is 6. The molecule has 0 unspecified atom stereocenters. The molecule has 0 bridgehead atoms. The first-order valence-electron chi connectivity index (χ1n) is 7.41. The fraction of sp³-hybridized carbons (Fsp3) is 0.562. The molecule has 2 amide bonds. The van der Waals surface area contributed by atoms with Crippen LogP contribution in [-0.4, -0.2) is 37.2 Å². The van der Waals surface area contributed by atoms with Crippen molar-refractivity contribution >= 4 is 17.8 Å². The first-order chi connectivity index (χ1) is 10.2. The molecule has 2 N–H and O–H groups in total. The number of carbonyl (C=O) groups excluding carboxylic acids is 1. The Labute approximate surface area is 131 Å². The van der Waals surface area contributed by atoms with Crippen LogP contribution in [0.25, 0.3) is 0 Å². The number of thioether (sulfide) groups is 1. The molecule has 116 valence electrons. The number of amides is 2. The lowest BCUT2D eigenvalue weighted by Crippen LogP contribution is -2.40. The van der Waals surface area contributed by atoms with E-state index < -0.39 is 0 Å². The maximum Gasteiger partial charge on any atom is 0.314 e. The molecule has 4 nitrogen and oxygen atoms in total. The third-order valence-electron chi connectivity index (χ3n) is 3.82. The fourth-order valence-electron chi connectivity index (χ4n) is 2.46. The highest BCUT2D eigenvalue weighted by atomic mass is 32.2. The molecule has 1 saturated heterocycles. The van der Waals surface area contributed by atoms with Crippen LogP contribution in [0, 0.1) is 5.92 Å². The van der Waals surface area contributed by atoms with E-state index in [0.29, 0.717) is 24.3 Å². The number of hydrogen-bond donors (Lipinski definition) is 2. The van der Waals surface area contributed by atoms with Crippen molar-refractivity contribution in [3.8, 4) is 0 Å². The van der Waals surface area contributed by atoms with Crippen LogP contribution in [0.1, 0.15) is 25.0 Å². The molecular weight excluding hydrogens is 284 g/mol. The van der Waals surface area contributed by atoms with Crippen LogP contribution < -0.4 is 10.6 Å². The van der Waals surface area contributed by atoms with Gasteiger partial charge in [-0.05, 0) is 18.2 Å². The standard InChI is InChI=1S/C16H24N2O2S/c1-12(21-2)10-17-16(19)18-11-14-8-9-20-15(14)13-6-4-3-5-7-13/h3-7,12,14-15H,8-11H2,1-2H3,(H2,17,18,19)/t12-,14+,15+/m1/s1. The summed E-state index contributed by atoms with van der Waals surface area (Å²) in [6, 6.07) is 10.1. The van der Waals surface area contributed by atoms with Crippen LogP contribution in [-0.2, 0) is 4.74 Å². The Morgan fingerprint density at radius 2 is 2.14 bits per heavy atom. The highest BCUT2D eigenvalue weighted by Crippen LogP contribution is 2.33. The van der Waals surface area contributed by atoms with Crippen LogP contribution >= 0.6 is 11.8 Å². The predicted molar refractivity (Wildman–Crippen MR) is 87.6 cm³/mol. The number of hydrogen-bond acceptors (Lipinski definition) is 3. The lowest BCUT2D eigenvalue weighted by atomic mass is 9.95. The molecule has 0 saturated carbocycles. The number of ether oxygens (including phenoxy) is 1. The summed E-state index contributed by atoms with van der Waals surface area (Å²) in [6.45, 7) is 4.20. The monoisotopic (exact) mass is 308 g/mol. The van der Waals surface area contributed by atoms with E-state index in [2.05, 4.69) is 29.7 Å². The molecule has 5 heteroatoms. The Morgan fingerprint density at radius 3 is 2.86 bits per heavy atom. The van der Waals surface area contributed by atoms with Gasteiger partial charge in [0.2, 0.25) is 0 Å². The van der Waals surface area contributed by atoms with Gasteiger partial charge in [0.1, 0.15) is 0 Å². The third-order valence-corrected chi connectivity index (χ3v) is 4.79. The van der Waals surface area contributed by atoms with E-state index in [0.717, 1.165) is 13.0 Å². The summed E-state index contributed by atoms with van der Waals surface area (Å²) >= 11 is 1.75. The summed E-state index contributed by atoms with van der Waals surface area (Å²) in [5.74, 6) is 0.344. The van der Waals surface area contributed by atoms with Crippen molar-refractivity contribution in [2.75, 3.05) is 26.0 Å². The zero-order chi connectivity index (χ0) is 15.1. The topological polar surface area (TPSA) is 50.4 Å². The molecule has 1 aliphatic heterocycles. The van der Waals surface area contributed by atoms with Crippen molar-refractivity contribution in [2.45, 2.75) is 24.7 Å². The zero-order valence-electron chi connectivity index (χ0n) is 12.7. The molecule has 0 aromatic heterocycles. The number of benzene rings is 1. The third kappa shape index (κ3) is 4.93. The second kappa shape index (κ2) is 8.29. The van der Waals surface area contributed by atoms with E-state index in [1.807, 2.05) is 24.5 Å². The Kier molecular flexibility index (Phi) is 6.39. The Hall–Kier alpha value is -1.20. The van der Waals surface area contributed by atoms with Gasteiger partial charge in [-0.1, -0.05) is 37.3 Å². The molecule has 1 heterocycles. The minimum atomic E-state index is -0.0883. The minimum absolute atomic E-state index is 0.0883. The molecule has 21 heavy (non-hydrogen) atoms. The van der Waals surface area contributed by atoms with Gasteiger partial charge in [0.05, 0.1) is 6.10 Å². The van der Waals surface area contributed by atoms with Gasteiger partial charge >= 0.3 is 6.03 Å². The lowest BCUT2D eigenvalue weighted by Gasteiger charge is -2.19. The zero-order valence-corrected chi connectivity index (χ0v) is 13.5. The van der Waals surface area contributed by atoms with Crippen molar-refractivity contribution in [3.05, 3.63) is 35.9 Å².